The Morgan fingerprint density at radius 3 is 2.05 bits per heavy atom. The van der Waals surface area contributed by atoms with Gasteiger partial charge in [0, 0.05) is 10.7 Å². The minimum Gasteiger partial charge on any atom is -0.445 e. The Labute approximate surface area is 116 Å². The van der Waals surface area contributed by atoms with Crippen molar-refractivity contribution in [3.63, 3.8) is 0 Å². The summed E-state index contributed by atoms with van der Waals surface area (Å²) in [5.74, 6) is -2.00. The van der Waals surface area contributed by atoms with Crippen molar-refractivity contribution >= 4 is 42.7 Å². The van der Waals surface area contributed by atoms with E-state index in [-0.39, 0.29) is 6.07 Å². The fraction of sp³-hybridized carbons (Fsp3) is 0.143. The molecule has 0 bridgehead atoms. The zero-order valence-electron chi connectivity index (χ0n) is 9.26. The molecule has 0 N–H and O–H groups in total. The van der Waals surface area contributed by atoms with E-state index in [0.29, 0.717) is 12.1 Å². The van der Waals surface area contributed by atoms with Crippen LogP contribution in [-0.2, 0) is 25.3 Å². The van der Waals surface area contributed by atoms with Crippen LogP contribution in [0.1, 0.15) is 5.56 Å². The average Bonchev–Trinajstić information content (AvgIpc) is 2.09. The Kier molecular flexibility index (Phi) is 4.61. The number of halogens is 5. The normalized spacial score (nSPS) is 13.2. The van der Waals surface area contributed by atoms with Crippen molar-refractivity contribution < 1.29 is 37.9 Å². The second kappa shape index (κ2) is 5.41. The molecule has 0 aromatic heterocycles. The van der Waals surface area contributed by atoms with Crippen LogP contribution < -0.4 is 9.65 Å². The topological polar surface area (TPSA) is 77.5 Å². The van der Waals surface area contributed by atoms with Crippen molar-refractivity contribution in [3.8, 4) is 5.75 Å². The van der Waals surface area contributed by atoms with Crippen molar-refractivity contribution in [1.82, 2.24) is 0 Å². The van der Waals surface area contributed by atoms with E-state index in [1.165, 1.54) is 0 Å². The number of hydrogen-bond acceptors (Lipinski definition) is 5. The van der Waals surface area contributed by atoms with Gasteiger partial charge in [0.15, 0.2) is 0 Å². The highest BCUT2D eigenvalue weighted by Gasteiger charge is 2.27. The van der Waals surface area contributed by atoms with Crippen LogP contribution in [0.5, 0.6) is 5.75 Å². The lowest BCUT2D eigenvalue weighted by molar-refractivity contribution is 0.439. The summed E-state index contributed by atoms with van der Waals surface area (Å²) in [6.45, 7) is -5.57. The van der Waals surface area contributed by atoms with Crippen molar-refractivity contribution in [1.29, 1.82) is 0 Å². The lowest BCUT2D eigenvalue weighted by Gasteiger charge is -2.17. The van der Waals surface area contributed by atoms with Crippen LogP contribution in [0, 0.1) is 0 Å². The third kappa shape index (κ3) is 5.97. The van der Waals surface area contributed by atoms with Crippen LogP contribution in [0.15, 0.2) is 18.2 Å². The Bertz CT molecular complexity index is 663. The molecule has 0 amide bonds. The lowest BCUT2D eigenvalue weighted by atomic mass is 9.79. The molecule has 0 radical (unpaired) electrons. The van der Waals surface area contributed by atoms with Gasteiger partial charge in [0.1, 0.15) is 5.75 Å². The van der Waals surface area contributed by atoms with E-state index in [9.17, 15) is 33.7 Å². The zero-order chi connectivity index (χ0) is 15.8. The van der Waals surface area contributed by atoms with Gasteiger partial charge in [0.05, 0.1) is 5.75 Å². The molecule has 5 nitrogen and oxygen atoms in total. The van der Waals surface area contributed by atoms with Gasteiger partial charge in [-0.15, -0.1) is 5.46 Å². The molecular weight excluding hydrogens is 350 g/mol. The Balaban J connectivity index is 3.36. The minimum atomic E-state index is -5.57. The van der Waals surface area contributed by atoms with Crippen LogP contribution >= 0.6 is 10.7 Å². The second-order valence-corrected chi connectivity index (χ2v) is 7.37. The van der Waals surface area contributed by atoms with Crippen molar-refractivity contribution in [2.75, 3.05) is 0 Å². The molecule has 0 atom stereocenters. The van der Waals surface area contributed by atoms with Crippen LogP contribution in [0.2, 0.25) is 0 Å². The van der Waals surface area contributed by atoms with E-state index in [4.69, 9.17) is 10.7 Å². The monoisotopic (exact) mass is 355 g/mol. The average molecular weight is 356 g/mol. The Morgan fingerprint density at radius 2 is 1.65 bits per heavy atom. The number of hydrogen-bond donors (Lipinski definition) is 0. The van der Waals surface area contributed by atoms with Gasteiger partial charge in [-0.1, -0.05) is 9.95 Å². The summed E-state index contributed by atoms with van der Waals surface area (Å²) in [6, 6.07) is 1.32. The molecule has 0 aliphatic rings. The van der Waals surface area contributed by atoms with Gasteiger partial charge in [0.2, 0.25) is 9.05 Å². The summed E-state index contributed by atoms with van der Waals surface area (Å²) in [5.41, 5.74) is -1.84. The first kappa shape index (κ1) is 17.0. The Hall–Kier alpha value is -1.01. The molecule has 0 fully saturated rings. The summed E-state index contributed by atoms with van der Waals surface area (Å²) < 4.78 is 95.9. The first-order valence-corrected chi connectivity index (χ1v) is 8.45. The maximum absolute atomic E-state index is 12.6. The molecule has 20 heavy (non-hydrogen) atoms. The number of benzene rings is 1. The first-order chi connectivity index (χ1) is 8.76. The summed E-state index contributed by atoms with van der Waals surface area (Å²) in [7, 11) is -4.85. The van der Waals surface area contributed by atoms with Gasteiger partial charge in [-0.2, -0.15) is 8.42 Å². The molecule has 1 aromatic carbocycles. The molecule has 1 rings (SSSR count). The Morgan fingerprint density at radius 1 is 1.10 bits per heavy atom. The molecule has 0 spiro atoms. The molecule has 13 heteroatoms. The van der Waals surface area contributed by atoms with E-state index in [2.05, 4.69) is 4.18 Å². The highest BCUT2D eigenvalue weighted by atomic mass is 35.7. The molecule has 0 saturated carbocycles. The van der Waals surface area contributed by atoms with Crippen molar-refractivity contribution in [2.24, 2.45) is 0 Å². The molecule has 0 aliphatic carbocycles. The van der Waals surface area contributed by atoms with Gasteiger partial charge >= 0.3 is 17.5 Å². The molecule has 0 saturated heterocycles. The summed E-state index contributed by atoms with van der Waals surface area (Å²) >= 11 is 0. The summed E-state index contributed by atoms with van der Waals surface area (Å²) in [6.07, 6.45) is 0. The highest BCUT2D eigenvalue weighted by molar-refractivity contribution is 8.13. The first-order valence-electron chi connectivity index (χ1n) is 4.66. The highest BCUT2D eigenvalue weighted by Crippen LogP contribution is 2.21. The van der Waals surface area contributed by atoms with Gasteiger partial charge < -0.3 is 17.1 Å². The van der Waals surface area contributed by atoms with Crippen molar-refractivity contribution in [3.05, 3.63) is 23.8 Å². The van der Waals surface area contributed by atoms with E-state index < -0.39 is 49.1 Å². The standard InChI is InChI=1S/C7H5BClF4O5S2/c9-19(14,15)4-5-1-6(8(10,11)12)3-7(2-5)18-20(13,16)17/h1-3H,4H2/q-1. The van der Waals surface area contributed by atoms with E-state index in [1.54, 1.807) is 0 Å². The zero-order valence-corrected chi connectivity index (χ0v) is 11.7. The predicted octanol–water partition coefficient (Wildman–Crippen LogP) is 1.40. The summed E-state index contributed by atoms with van der Waals surface area (Å²) in [5, 5.41) is 0. The van der Waals surface area contributed by atoms with Crippen LogP contribution in [0.3, 0.4) is 0 Å². The molecule has 0 aliphatic heterocycles. The maximum Gasteiger partial charge on any atom is 0.509 e. The van der Waals surface area contributed by atoms with Gasteiger partial charge in [0.25, 0.3) is 0 Å². The third-order valence-corrected chi connectivity index (χ3v) is 3.30. The fourth-order valence-corrected chi connectivity index (χ4v) is 2.59. The third-order valence-electron chi connectivity index (χ3n) is 1.90. The van der Waals surface area contributed by atoms with Gasteiger partial charge in [-0.05, 0) is 17.7 Å². The minimum absolute atomic E-state index is 0.238. The van der Waals surface area contributed by atoms with Crippen LogP contribution in [-0.4, -0.2) is 23.8 Å². The van der Waals surface area contributed by atoms with Crippen LogP contribution in [0.4, 0.5) is 16.8 Å². The molecule has 1 aromatic rings. The van der Waals surface area contributed by atoms with Gasteiger partial charge in [-0.25, -0.2) is 8.42 Å². The lowest BCUT2D eigenvalue weighted by Crippen LogP contribution is -2.34. The van der Waals surface area contributed by atoms with Crippen LogP contribution in [0.25, 0.3) is 0 Å². The number of rotatable bonds is 5. The predicted molar refractivity (Wildman–Crippen MR) is 64.3 cm³/mol. The smallest absolute Gasteiger partial charge is 0.445 e. The maximum atomic E-state index is 12.6. The van der Waals surface area contributed by atoms with E-state index in [0.717, 1.165) is 0 Å². The quantitative estimate of drug-likeness (QED) is 0.453. The van der Waals surface area contributed by atoms with Crippen molar-refractivity contribution in [2.45, 2.75) is 5.75 Å². The fourth-order valence-electron chi connectivity index (χ4n) is 1.32. The molecule has 0 heterocycles. The van der Waals surface area contributed by atoms with Gasteiger partial charge in [-0.3, -0.25) is 0 Å². The SMILES string of the molecule is O=S(=O)(Cl)Cc1cc(OS(=O)(=O)F)cc([B-](F)(F)F)c1. The largest absolute Gasteiger partial charge is 0.509 e. The molecular formula is C7H5BClF4O5S2-. The van der Waals surface area contributed by atoms with E-state index in [1.807, 2.05) is 0 Å². The summed E-state index contributed by atoms with van der Waals surface area (Å²) in [4.78, 5) is 0. The molecule has 0 unspecified atom stereocenters. The van der Waals surface area contributed by atoms with E-state index >= 15 is 0 Å². The second-order valence-electron chi connectivity index (χ2n) is 3.64. The molecule has 114 valence electrons.